The molecular formula is C24H23N3O5. The summed E-state index contributed by atoms with van der Waals surface area (Å²) in [4.78, 5) is 26.0. The summed E-state index contributed by atoms with van der Waals surface area (Å²) in [5.74, 6) is 1.39. The molecule has 0 unspecified atom stereocenters. The van der Waals surface area contributed by atoms with Crippen molar-refractivity contribution in [3.05, 3.63) is 80.8 Å². The summed E-state index contributed by atoms with van der Waals surface area (Å²) in [7, 11) is 3.17. The highest BCUT2D eigenvalue weighted by Crippen LogP contribution is 2.47. The van der Waals surface area contributed by atoms with Gasteiger partial charge in [-0.1, -0.05) is 18.2 Å². The van der Waals surface area contributed by atoms with Crippen LogP contribution in [0.5, 0.6) is 17.2 Å². The average molecular weight is 433 g/mol. The summed E-state index contributed by atoms with van der Waals surface area (Å²) < 4.78 is 10.8. The van der Waals surface area contributed by atoms with E-state index in [2.05, 4.69) is 15.5 Å². The predicted molar refractivity (Wildman–Crippen MR) is 119 cm³/mol. The van der Waals surface area contributed by atoms with Gasteiger partial charge in [0.2, 0.25) is 0 Å². The first-order valence-corrected chi connectivity index (χ1v) is 10.3. The van der Waals surface area contributed by atoms with Gasteiger partial charge >= 0.3 is 0 Å². The third-order valence-corrected chi connectivity index (χ3v) is 6.28. The van der Waals surface area contributed by atoms with Crippen LogP contribution < -0.4 is 20.3 Å². The van der Waals surface area contributed by atoms with E-state index < -0.39 is 5.92 Å². The molecule has 5 rings (SSSR count). The number of anilines is 1. The number of allylic oxidation sites excluding steroid dienone is 2. The van der Waals surface area contributed by atoms with Gasteiger partial charge in [-0.25, -0.2) is 0 Å². The summed E-state index contributed by atoms with van der Waals surface area (Å²) in [6.07, 6.45) is 0.931. The van der Waals surface area contributed by atoms with E-state index in [1.165, 1.54) is 0 Å². The highest BCUT2D eigenvalue weighted by Gasteiger charge is 2.40. The van der Waals surface area contributed by atoms with Gasteiger partial charge in [-0.3, -0.25) is 19.8 Å². The lowest BCUT2D eigenvalue weighted by atomic mass is 9.73. The summed E-state index contributed by atoms with van der Waals surface area (Å²) in [6.45, 7) is 0. The standard InChI is InChI=1S/C24H23N3O5/c1-31-18-8-5-13(11-19(18)32-2)14-9-16-21(17(29)10-14)20(12-3-6-15(28)7-4-12)22-23(25-16)26-27-24(22)30/h3-8,11,14,20,28H,9-10H2,1-2H3,(H3,25,26,27,30)/t14-,20-/m0/s1. The van der Waals surface area contributed by atoms with E-state index in [4.69, 9.17) is 9.47 Å². The third kappa shape index (κ3) is 3.15. The molecule has 0 bridgehead atoms. The zero-order valence-corrected chi connectivity index (χ0v) is 17.7. The maximum absolute atomic E-state index is 13.5. The second-order valence-electron chi connectivity index (χ2n) is 8.05. The molecule has 1 aromatic heterocycles. The van der Waals surface area contributed by atoms with Gasteiger partial charge in [-0.15, -0.1) is 0 Å². The Hall–Kier alpha value is -3.94. The van der Waals surface area contributed by atoms with E-state index in [1.54, 1.807) is 38.5 Å². The minimum absolute atomic E-state index is 0.0112. The van der Waals surface area contributed by atoms with Gasteiger partial charge in [0.25, 0.3) is 5.56 Å². The van der Waals surface area contributed by atoms with E-state index >= 15 is 0 Å². The molecule has 8 nitrogen and oxygen atoms in total. The summed E-state index contributed by atoms with van der Waals surface area (Å²) in [5, 5.41) is 18.5. The van der Waals surface area contributed by atoms with Crippen molar-refractivity contribution in [1.82, 2.24) is 10.2 Å². The lowest BCUT2D eigenvalue weighted by Crippen LogP contribution is -2.31. The van der Waals surface area contributed by atoms with Gasteiger partial charge in [0.1, 0.15) is 11.6 Å². The second kappa shape index (κ2) is 7.64. The molecule has 2 aliphatic rings. The van der Waals surface area contributed by atoms with Crippen LogP contribution in [-0.4, -0.2) is 35.3 Å². The SMILES string of the molecule is COc1ccc([C@@H]2CC(=O)C3=C(C2)Nc2[nH][nH]c(=O)c2[C@H]3c2ccc(O)cc2)cc1OC. The van der Waals surface area contributed by atoms with Crippen LogP contribution in [0.1, 0.15) is 41.4 Å². The Morgan fingerprint density at radius 1 is 0.906 bits per heavy atom. The Kier molecular flexibility index (Phi) is 4.77. The maximum Gasteiger partial charge on any atom is 0.270 e. The Morgan fingerprint density at radius 2 is 1.62 bits per heavy atom. The Morgan fingerprint density at radius 3 is 2.34 bits per heavy atom. The third-order valence-electron chi connectivity index (χ3n) is 6.28. The van der Waals surface area contributed by atoms with Gasteiger partial charge in [-0.2, -0.15) is 0 Å². The number of hydrogen-bond donors (Lipinski definition) is 4. The molecule has 3 aromatic rings. The number of aromatic hydroxyl groups is 1. The van der Waals surface area contributed by atoms with Crippen LogP contribution in [0.15, 0.2) is 58.5 Å². The summed E-state index contributed by atoms with van der Waals surface area (Å²) in [5.41, 5.74) is 3.37. The number of phenolic OH excluding ortho intramolecular Hbond substituents is 1. The number of phenols is 1. The summed E-state index contributed by atoms with van der Waals surface area (Å²) >= 11 is 0. The molecule has 0 radical (unpaired) electrons. The zero-order chi connectivity index (χ0) is 22.4. The molecule has 2 heterocycles. The van der Waals surface area contributed by atoms with Crippen LogP contribution in [-0.2, 0) is 4.79 Å². The quantitative estimate of drug-likeness (QED) is 0.501. The molecule has 2 atom stereocenters. The average Bonchev–Trinajstić information content (AvgIpc) is 3.18. The Bertz CT molecular complexity index is 1290. The number of aromatic nitrogens is 2. The molecule has 1 aliphatic carbocycles. The number of benzene rings is 2. The van der Waals surface area contributed by atoms with Crippen molar-refractivity contribution in [2.24, 2.45) is 0 Å². The second-order valence-corrected chi connectivity index (χ2v) is 8.05. The molecule has 0 saturated heterocycles. The van der Waals surface area contributed by atoms with Gasteiger partial charge in [0.05, 0.1) is 19.8 Å². The van der Waals surface area contributed by atoms with Gasteiger partial charge in [0.15, 0.2) is 17.3 Å². The van der Waals surface area contributed by atoms with E-state index in [-0.39, 0.29) is 23.0 Å². The van der Waals surface area contributed by atoms with E-state index in [9.17, 15) is 14.7 Å². The van der Waals surface area contributed by atoms with Crippen molar-refractivity contribution < 1.29 is 19.4 Å². The summed E-state index contributed by atoms with van der Waals surface area (Å²) in [6, 6.07) is 12.3. The number of aromatic amines is 2. The van der Waals surface area contributed by atoms with Crippen LogP contribution in [0.2, 0.25) is 0 Å². The van der Waals surface area contributed by atoms with Crippen molar-refractivity contribution in [3.63, 3.8) is 0 Å². The van der Waals surface area contributed by atoms with E-state index in [0.717, 1.165) is 16.8 Å². The number of Topliss-reactive ketones (excluding diaryl/α,β-unsaturated/α-hetero) is 1. The topological polar surface area (TPSA) is 116 Å². The van der Waals surface area contributed by atoms with Crippen LogP contribution >= 0.6 is 0 Å². The van der Waals surface area contributed by atoms with E-state index in [0.29, 0.717) is 41.3 Å². The molecule has 0 fully saturated rings. The molecule has 4 N–H and O–H groups in total. The number of H-pyrrole nitrogens is 2. The number of ether oxygens (including phenoxy) is 2. The normalized spacial score (nSPS) is 19.8. The molecular weight excluding hydrogens is 410 g/mol. The smallest absolute Gasteiger partial charge is 0.270 e. The fraction of sp³-hybridized carbons (Fsp3) is 0.250. The number of carbonyl (C=O) groups is 1. The van der Waals surface area contributed by atoms with Crippen LogP contribution in [0.3, 0.4) is 0 Å². The van der Waals surface area contributed by atoms with Crippen molar-refractivity contribution in [2.75, 3.05) is 19.5 Å². The number of ketones is 1. The van der Waals surface area contributed by atoms with Crippen molar-refractivity contribution >= 4 is 11.6 Å². The van der Waals surface area contributed by atoms with Gasteiger partial charge in [0, 0.05) is 23.6 Å². The van der Waals surface area contributed by atoms with Crippen molar-refractivity contribution in [1.29, 1.82) is 0 Å². The van der Waals surface area contributed by atoms with E-state index in [1.807, 2.05) is 18.2 Å². The highest BCUT2D eigenvalue weighted by atomic mass is 16.5. The predicted octanol–water partition coefficient (Wildman–Crippen LogP) is 3.38. The van der Waals surface area contributed by atoms with Crippen molar-refractivity contribution in [3.8, 4) is 17.2 Å². The van der Waals surface area contributed by atoms with Gasteiger partial charge in [-0.05, 0) is 47.7 Å². The van der Waals surface area contributed by atoms with Crippen LogP contribution in [0.4, 0.5) is 5.82 Å². The Labute approximate surface area is 183 Å². The Balaban J connectivity index is 1.58. The molecule has 32 heavy (non-hydrogen) atoms. The molecule has 0 spiro atoms. The number of carbonyl (C=O) groups excluding carboxylic acids is 1. The minimum Gasteiger partial charge on any atom is -0.508 e. The first kappa shape index (κ1) is 20.0. The number of fused-ring (bicyclic) bond motifs is 1. The molecule has 2 aromatic carbocycles. The van der Waals surface area contributed by atoms with Gasteiger partial charge < -0.3 is 19.9 Å². The molecule has 0 amide bonds. The lowest BCUT2D eigenvalue weighted by Gasteiger charge is -2.34. The molecule has 0 saturated carbocycles. The molecule has 164 valence electrons. The number of methoxy groups -OCH3 is 2. The zero-order valence-electron chi connectivity index (χ0n) is 17.7. The molecule has 8 heteroatoms. The number of rotatable bonds is 4. The van der Waals surface area contributed by atoms with Crippen molar-refractivity contribution in [2.45, 2.75) is 24.7 Å². The van der Waals surface area contributed by atoms with Crippen LogP contribution in [0.25, 0.3) is 0 Å². The molecule has 1 aliphatic heterocycles. The first-order chi connectivity index (χ1) is 15.5. The number of hydrogen-bond acceptors (Lipinski definition) is 6. The maximum atomic E-state index is 13.5. The number of nitrogens with one attached hydrogen (secondary N) is 3. The first-order valence-electron chi connectivity index (χ1n) is 10.3. The fourth-order valence-electron chi connectivity index (χ4n) is 4.76. The minimum atomic E-state index is -0.504. The van der Waals surface area contributed by atoms with Crippen LogP contribution in [0, 0.1) is 0 Å². The lowest BCUT2D eigenvalue weighted by molar-refractivity contribution is -0.116. The largest absolute Gasteiger partial charge is 0.508 e. The monoisotopic (exact) mass is 433 g/mol. The fourth-order valence-corrected chi connectivity index (χ4v) is 4.76. The highest BCUT2D eigenvalue weighted by molar-refractivity contribution is 6.01.